The molecule has 0 radical (unpaired) electrons. The summed E-state index contributed by atoms with van der Waals surface area (Å²) in [5, 5.41) is 10.1. The first-order chi connectivity index (χ1) is 11.0. The van der Waals surface area contributed by atoms with Crippen LogP contribution in [0.25, 0.3) is 5.65 Å². The summed E-state index contributed by atoms with van der Waals surface area (Å²) >= 11 is 12.3. The van der Waals surface area contributed by atoms with E-state index >= 15 is 0 Å². The average Bonchev–Trinajstić information content (AvgIpc) is 2.84. The molecule has 3 heterocycles. The van der Waals surface area contributed by atoms with E-state index in [0.29, 0.717) is 40.0 Å². The molecule has 1 unspecified atom stereocenters. The summed E-state index contributed by atoms with van der Waals surface area (Å²) in [6.45, 7) is 2.58. The summed E-state index contributed by atoms with van der Waals surface area (Å²) in [6, 6.07) is 1.69. The second-order valence-corrected chi connectivity index (χ2v) is 6.75. The molecule has 1 N–H and O–H groups in total. The Morgan fingerprint density at radius 2 is 2.22 bits per heavy atom. The van der Waals surface area contributed by atoms with E-state index in [-0.39, 0.29) is 18.6 Å². The fourth-order valence-electron chi connectivity index (χ4n) is 3.30. The van der Waals surface area contributed by atoms with Crippen LogP contribution in [0, 0.1) is 6.92 Å². The number of aromatic nitrogens is 2. The van der Waals surface area contributed by atoms with Gasteiger partial charge in [-0.15, -0.1) is 0 Å². The Bertz CT molecular complexity index is 742. The van der Waals surface area contributed by atoms with E-state index in [1.54, 1.807) is 23.6 Å². The number of hydrogen-bond donors (Lipinski definition) is 1. The summed E-state index contributed by atoms with van der Waals surface area (Å²) in [5.41, 5.74) is 1.66. The lowest BCUT2D eigenvalue weighted by molar-refractivity contribution is 0.0567. The zero-order valence-electron chi connectivity index (χ0n) is 12.9. The van der Waals surface area contributed by atoms with Crippen molar-refractivity contribution in [3.05, 3.63) is 33.7 Å². The summed E-state index contributed by atoms with van der Waals surface area (Å²) < 4.78 is 1.67. The maximum Gasteiger partial charge on any atom is 0.273 e. The van der Waals surface area contributed by atoms with Crippen molar-refractivity contribution in [1.29, 1.82) is 0 Å². The molecule has 0 aromatic carbocycles. The fraction of sp³-hybridized carbons (Fsp3) is 0.500. The number of hydrogen-bond acceptors (Lipinski definition) is 3. The number of carbonyl (C=O) groups excluding carboxylic acids is 1. The van der Waals surface area contributed by atoms with Crippen molar-refractivity contribution < 1.29 is 9.90 Å². The smallest absolute Gasteiger partial charge is 0.273 e. The Kier molecular flexibility index (Phi) is 4.80. The van der Waals surface area contributed by atoms with Crippen LogP contribution < -0.4 is 0 Å². The minimum absolute atomic E-state index is 0.0702. The normalized spacial score (nSPS) is 18.6. The topological polar surface area (TPSA) is 57.8 Å². The van der Waals surface area contributed by atoms with E-state index in [1.165, 1.54) is 0 Å². The molecule has 2 aromatic heterocycles. The average molecular weight is 356 g/mol. The number of pyridine rings is 1. The maximum atomic E-state index is 13.1. The van der Waals surface area contributed by atoms with Crippen molar-refractivity contribution in [3.63, 3.8) is 0 Å². The first-order valence-corrected chi connectivity index (χ1v) is 8.54. The number of aliphatic hydroxyl groups excluding tert-OH is 1. The second kappa shape index (κ2) is 6.67. The SMILES string of the molecule is Cc1nc2c(Cl)cc(Cl)cn2c1C(=O)N1CCCCC1CCO. The molecule has 124 valence electrons. The van der Waals surface area contributed by atoms with E-state index in [9.17, 15) is 9.90 Å². The van der Waals surface area contributed by atoms with E-state index in [1.807, 2.05) is 4.90 Å². The van der Waals surface area contributed by atoms with Crippen LogP contribution in [0.15, 0.2) is 12.3 Å². The van der Waals surface area contributed by atoms with Gasteiger partial charge >= 0.3 is 0 Å². The monoisotopic (exact) mass is 355 g/mol. The Morgan fingerprint density at radius 1 is 1.43 bits per heavy atom. The van der Waals surface area contributed by atoms with Crippen molar-refractivity contribution in [1.82, 2.24) is 14.3 Å². The van der Waals surface area contributed by atoms with Crippen LogP contribution in [-0.4, -0.2) is 44.5 Å². The summed E-state index contributed by atoms with van der Waals surface area (Å²) in [6.07, 6.45) is 5.25. The highest BCUT2D eigenvalue weighted by molar-refractivity contribution is 6.36. The third kappa shape index (κ3) is 3.05. The van der Waals surface area contributed by atoms with Gasteiger partial charge in [0.1, 0.15) is 5.69 Å². The molecule has 0 bridgehead atoms. The molecule has 1 aliphatic heterocycles. The molecule has 1 atom stereocenters. The van der Waals surface area contributed by atoms with Gasteiger partial charge in [0.25, 0.3) is 5.91 Å². The number of amides is 1. The van der Waals surface area contributed by atoms with Crippen molar-refractivity contribution in [2.45, 2.75) is 38.6 Å². The minimum atomic E-state index is -0.0773. The Balaban J connectivity index is 2.05. The van der Waals surface area contributed by atoms with E-state index in [2.05, 4.69) is 4.98 Å². The van der Waals surface area contributed by atoms with Crippen LogP contribution in [0.5, 0.6) is 0 Å². The van der Waals surface area contributed by atoms with E-state index < -0.39 is 0 Å². The molecule has 2 aromatic rings. The van der Waals surface area contributed by atoms with Gasteiger partial charge in [0.15, 0.2) is 5.65 Å². The molecule has 0 aliphatic carbocycles. The van der Waals surface area contributed by atoms with Gasteiger partial charge in [-0.1, -0.05) is 23.2 Å². The third-order valence-electron chi connectivity index (χ3n) is 4.37. The number of likely N-dealkylation sites (tertiary alicyclic amines) is 1. The van der Waals surface area contributed by atoms with E-state index in [0.717, 1.165) is 19.3 Å². The van der Waals surface area contributed by atoms with Gasteiger partial charge in [0, 0.05) is 25.4 Å². The Hall–Kier alpha value is -1.30. The van der Waals surface area contributed by atoms with Crippen molar-refractivity contribution in [2.75, 3.05) is 13.2 Å². The molecule has 0 spiro atoms. The number of fused-ring (bicyclic) bond motifs is 1. The van der Waals surface area contributed by atoms with Gasteiger partial charge in [-0.05, 0) is 38.7 Å². The second-order valence-electron chi connectivity index (χ2n) is 5.91. The number of rotatable bonds is 3. The number of nitrogens with zero attached hydrogens (tertiary/aromatic N) is 3. The number of imidazole rings is 1. The standard InChI is InChI=1S/C16H19Cl2N3O2/c1-10-14(21-9-11(17)8-13(18)15(21)19-10)16(23)20-6-3-2-4-12(20)5-7-22/h8-9,12,22H,2-7H2,1H3. The van der Waals surface area contributed by atoms with Gasteiger partial charge in [0.2, 0.25) is 0 Å². The molecule has 1 aliphatic rings. The molecule has 3 rings (SSSR count). The van der Waals surface area contributed by atoms with Gasteiger partial charge < -0.3 is 10.0 Å². The number of aliphatic hydroxyl groups is 1. The quantitative estimate of drug-likeness (QED) is 0.918. The summed E-state index contributed by atoms with van der Waals surface area (Å²) in [5.74, 6) is -0.0773. The van der Waals surface area contributed by atoms with Crippen molar-refractivity contribution >= 4 is 34.8 Å². The lowest BCUT2D eigenvalue weighted by Crippen LogP contribution is -2.44. The van der Waals surface area contributed by atoms with Gasteiger partial charge in [-0.25, -0.2) is 4.98 Å². The summed E-state index contributed by atoms with van der Waals surface area (Å²) in [7, 11) is 0. The largest absolute Gasteiger partial charge is 0.396 e. The Morgan fingerprint density at radius 3 is 2.96 bits per heavy atom. The third-order valence-corrected chi connectivity index (χ3v) is 4.85. The summed E-state index contributed by atoms with van der Waals surface area (Å²) in [4.78, 5) is 19.4. The molecule has 1 amide bonds. The molecule has 1 fully saturated rings. The van der Waals surface area contributed by atoms with E-state index in [4.69, 9.17) is 23.2 Å². The highest BCUT2D eigenvalue weighted by Crippen LogP contribution is 2.27. The highest BCUT2D eigenvalue weighted by atomic mass is 35.5. The number of aryl methyl sites for hydroxylation is 1. The van der Waals surface area contributed by atoms with Crippen LogP contribution in [0.2, 0.25) is 10.0 Å². The first-order valence-electron chi connectivity index (χ1n) is 7.78. The molecular formula is C16H19Cl2N3O2. The van der Waals surface area contributed by atoms with Crippen molar-refractivity contribution in [3.8, 4) is 0 Å². The zero-order valence-corrected chi connectivity index (χ0v) is 14.4. The maximum absolute atomic E-state index is 13.1. The lowest BCUT2D eigenvalue weighted by atomic mass is 9.99. The molecule has 1 saturated heterocycles. The molecule has 23 heavy (non-hydrogen) atoms. The van der Waals surface area contributed by atoms with Crippen LogP contribution >= 0.6 is 23.2 Å². The predicted octanol–water partition coefficient (Wildman–Crippen LogP) is 3.33. The molecule has 0 saturated carbocycles. The van der Waals surface area contributed by atoms with Gasteiger partial charge in [-0.3, -0.25) is 9.20 Å². The zero-order chi connectivity index (χ0) is 16.6. The van der Waals surface area contributed by atoms with Crippen LogP contribution in [-0.2, 0) is 0 Å². The van der Waals surface area contributed by atoms with Crippen LogP contribution in [0.4, 0.5) is 0 Å². The first kappa shape index (κ1) is 16.6. The molecular weight excluding hydrogens is 337 g/mol. The predicted molar refractivity (Wildman–Crippen MR) is 90.3 cm³/mol. The number of halogens is 2. The molecule has 5 nitrogen and oxygen atoms in total. The minimum Gasteiger partial charge on any atom is -0.396 e. The highest BCUT2D eigenvalue weighted by Gasteiger charge is 2.30. The lowest BCUT2D eigenvalue weighted by Gasteiger charge is -2.35. The Labute approximate surface area is 144 Å². The number of carbonyl (C=O) groups is 1. The number of piperidine rings is 1. The van der Waals surface area contributed by atoms with Crippen LogP contribution in [0.3, 0.4) is 0 Å². The van der Waals surface area contributed by atoms with Crippen molar-refractivity contribution in [2.24, 2.45) is 0 Å². The molecule has 7 heteroatoms. The van der Waals surface area contributed by atoms with Gasteiger partial charge in [0.05, 0.1) is 15.7 Å². The van der Waals surface area contributed by atoms with Crippen LogP contribution in [0.1, 0.15) is 41.9 Å². The fourth-order valence-corrected chi connectivity index (χ4v) is 3.81. The van der Waals surface area contributed by atoms with Gasteiger partial charge in [-0.2, -0.15) is 0 Å².